The van der Waals surface area contributed by atoms with Gasteiger partial charge in [0.25, 0.3) is 5.91 Å². The van der Waals surface area contributed by atoms with E-state index < -0.39 is 17.7 Å². The van der Waals surface area contributed by atoms with Crippen molar-refractivity contribution in [1.82, 2.24) is 0 Å². The highest BCUT2D eigenvalue weighted by molar-refractivity contribution is 6.03. The molecule has 0 saturated carbocycles. The largest absolute Gasteiger partial charge is 0.497 e. The highest BCUT2D eigenvalue weighted by Gasteiger charge is 2.16. The van der Waals surface area contributed by atoms with E-state index in [1.807, 2.05) is 0 Å². The molecule has 104 valence electrons. The Morgan fingerprint density at radius 1 is 1.35 bits per heavy atom. The SMILES string of the molecule is COc1ccc(F)c(NC(=O)c2cc(C(=O)O)co2)c1. The van der Waals surface area contributed by atoms with Crippen molar-refractivity contribution in [2.45, 2.75) is 0 Å². The van der Waals surface area contributed by atoms with Crippen LogP contribution < -0.4 is 10.1 Å². The number of furan rings is 1. The van der Waals surface area contributed by atoms with Crippen molar-refractivity contribution in [2.24, 2.45) is 0 Å². The second-order valence-electron chi connectivity index (χ2n) is 3.80. The topological polar surface area (TPSA) is 88.8 Å². The summed E-state index contributed by atoms with van der Waals surface area (Å²) < 4.78 is 23.2. The van der Waals surface area contributed by atoms with Crippen molar-refractivity contribution in [2.75, 3.05) is 12.4 Å². The van der Waals surface area contributed by atoms with E-state index in [4.69, 9.17) is 14.3 Å². The van der Waals surface area contributed by atoms with Gasteiger partial charge < -0.3 is 19.6 Å². The first kappa shape index (κ1) is 13.6. The third-order valence-corrected chi connectivity index (χ3v) is 2.49. The molecule has 0 bridgehead atoms. The molecule has 0 unspecified atom stereocenters. The van der Waals surface area contributed by atoms with Gasteiger partial charge in [0.05, 0.1) is 18.4 Å². The second-order valence-corrected chi connectivity index (χ2v) is 3.80. The van der Waals surface area contributed by atoms with E-state index in [1.54, 1.807) is 0 Å². The fourth-order valence-electron chi connectivity index (χ4n) is 1.48. The van der Waals surface area contributed by atoms with Gasteiger partial charge in [0.15, 0.2) is 5.76 Å². The van der Waals surface area contributed by atoms with Crippen LogP contribution in [0.4, 0.5) is 10.1 Å². The third kappa shape index (κ3) is 2.77. The first-order chi connectivity index (χ1) is 9.51. The molecular weight excluding hydrogens is 269 g/mol. The lowest BCUT2D eigenvalue weighted by Crippen LogP contribution is -2.12. The van der Waals surface area contributed by atoms with Gasteiger partial charge in [0, 0.05) is 12.1 Å². The Morgan fingerprint density at radius 2 is 2.10 bits per heavy atom. The Kier molecular flexibility index (Phi) is 3.69. The fraction of sp³-hybridized carbons (Fsp3) is 0.0769. The van der Waals surface area contributed by atoms with Crippen LogP contribution in [0.1, 0.15) is 20.9 Å². The Balaban J connectivity index is 2.20. The summed E-state index contributed by atoms with van der Waals surface area (Å²) in [6.45, 7) is 0. The third-order valence-electron chi connectivity index (χ3n) is 2.49. The molecule has 20 heavy (non-hydrogen) atoms. The number of aromatic carboxylic acids is 1. The van der Waals surface area contributed by atoms with Crippen LogP contribution in [0.15, 0.2) is 34.9 Å². The molecule has 0 spiro atoms. The smallest absolute Gasteiger partial charge is 0.338 e. The minimum absolute atomic E-state index is 0.0948. The van der Waals surface area contributed by atoms with E-state index in [-0.39, 0.29) is 17.0 Å². The van der Waals surface area contributed by atoms with Gasteiger partial charge >= 0.3 is 5.97 Å². The number of carbonyl (C=O) groups excluding carboxylic acids is 1. The minimum Gasteiger partial charge on any atom is -0.497 e. The number of rotatable bonds is 4. The van der Waals surface area contributed by atoms with Gasteiger partial charge in [-0.05, 0) is 12.1 Å². The Morgan fingerprint density at radius 3 is 2.70 bits per heavy atom. The van der Waals surface area contributed by atoms with Gasteiger partial charge in [-0.25, -0.2) is 9.18 Å². The summed E-state index contributed by atoms with van der Waals surface area (Å²) in [5.41, 5.74) is -0.260. The van der Waals surface area contributed by atoms with Crippen LogP contribution in [0.3, 0.4) is 0 Å². The van der Waals surface area contributed by atoms with Gasteiger partial charge in [-0.15, -0.1) is 0 Å². The maximum absolute atomic E-state index is 13.5. The quantitative estimate of drug-likeness (QED) is 0.896. The van der Waals surface area contributed by atoms with Crippen molar-refractivity contribution >= 4 is 17.6 Å². The zero-order valence-corrected chi connectivity index (χ0v) is 10.3. The van der Waals surface area contributed by atoms with Crippen molar-refractivity contribution in [3.63, 3.8) is 0 Å². The summed E-state index contributed by atoms with van der Waals surface area (Å²) >= 11 is 0. The molecule has 2 aromatic rings. The number of nitrogens with one attached hydrogen (secondary N) is 1. The fourth-order valence-corrected chi connectivity index (χ4v) is 1.48. The van der Waals surface area contributed by atoms with Crippen LogP contribution in [-0.2, 0) is 0 Å². The summed E-state index contributed by atoms with van der Waals surface area (Å²) in [6, 6.07) is 4.89. The van der Waals surface area contributed by atoms with Gasteiger partial charge in [-0.2, -0.15) is 0 Å². The van der Waals surface area contributed by atoms with Crippen LogP contribution >= 0.6 is 0 Å². The number of ether oxygens (including phenoxy) is 1. The maximum atomic E-state index is 13.5. The van der Waals surface area contributed by atoms with Crippen molar-refractivity contribution in [1.29, 1.82) is 0 Å². The van der Waals surface area contributed by atoms with Crippen LogP contribution in [0.5, 0.6) is 5.75 Å². The minimum atomic E-state index is -1.22. The number of carboxylic acids is 1. The molecule has 2 N–H and O–H groups in total. The van der Waals surface area contributed by atoms with Crippen molar-refractivity contribution < 1.29 is 28.2 Å². The van der Waals surface area contributed by atoms with E-state index in [1.165, 1.54) is 19.2 Å². The monoisotopic (exact) mass is 279 g/mol. The molecule has 0 aliphatic rings. The molecular formula is C13H10FNO5. The molecule has 2 rings (SSSR count). The van der Waals surface area contributed by atoms with Gasteiger partial charge in [0.1, 0.15) is 17.8 Å². The van der Waals surface area contributed by atoms with E-state index >= 15 is 0 Å². The zero-order valence-electron chi connectivity index (χ0n) is 10.3. The Hall–Kier alpha value is -2.83. The number of benzene rings is 1. The molecule has 0 aliphatic carbocycles. The molecule has 0 radical (unpaired) electrons. The normalized spacial score (nSPS) is 10.1. The first-order valence-corrected chi connectivity index (χ1v) is 5.48. The predicted molar refractivity (Wildman–Crippen MR) is 66.6 cm³/mol. The van der Waals surface area contributed by atoms with Gasteiger partial charge in [0.2, 0.25) is 0 Å². The number of methoxy groups -OCH3 is 1. The predicted octanol–water partition coefficient (Wildman–Crippen LogP) is 2.38. The average molecular weight is 279 g/mol. The molecule has 0 aliphatic heterocycles. The molecule has 0 fully saturated rings. The Bertz CT molecular complexity index is 665. The highest BCUT2D eigenvalue weighted by atomic mass is 19.1. The number of halogens is 1. The maximum Gasteiger partial charge on any atom is 0.338 e. The molecule has 1 amide bonds. The van der Waals surface area contributed by atoms with Gasteiger partial charge in [-0.1, -0.05) is 0 Å². The molecule has 1 aromatic heterocycles. The van der Waals surface area contributed by atoms with Crippen LogP contribution in [0.2, 0.25) is 0 Å². The molecule has 6 nitrogen and oxygen atoms in total. The summed E-state index contributed by atoms with van der Waals surface area (Å²) in [5, 5.41) is 11.0. The lowest BCUT2D eigenvalue weighted by molar-refractivity contribution is 0.0696. The Labute approximate surface area is 112 Å². The van der Waals surface area contributed by atoms with E-state index in [0.717, 1.165) is 18.4 Å². The summed E-state index contributed by atoms with van der Waals surface area (Å²) in [4.78, 5) is 22.5. The number of amides is 1. The molecule has 1 aromatic carbocycles. The molecule has 0 atom stereocenters. The van der Waals surface area contributed by atoms with E-state index in [9.17, 15) is 14.0 Å². The lowest BCUT2D eigenvalue weighted by atomic mass is 10.2. The second kappa shape index (κ2) is 5.43. The van der Waals surface area contributed by atoms with Crippen LogP contribution in [-0.4, -0.2) is 24.1 Å². The number of carboxylic acid groups (broad SMARTS) is 1. The van der Waals surface area contributed by atoms with Crippen molar-refractivity contribution in [3.05, 3.63) is 47.7 Å². The molecule has 0 saturated heterocycles. The van der Waals surface area contributed by atoms with E-state index in [0.29, 0.717) is 5.75 Å². The number of anilines is 1. The number of hydrogen-bond acceptors (Lipinski definition) is 4. The lowest BCUT2D eigenvalue weighted by Gasteiger charge is -2.06. The first-order valence-electron chi connectivity index (χ1n) is 5.48. The van der Waals surface area contributed by atoms with Crippen LogP contribution in [0, 0.1) is 5.82 Å². The standard InChI is InChI=1S/C13H10FNO5/c1-19-8-2-3-9(14)10(5-8)15-12(16)11-4-7(6-20-11)13(17)18/h2-6H,1H3,(H,15,16)(H,17,18). The average Bonchev–Trinajstić information content (AvgIpc) is 2.91. The van der Waals surface area contributed by atoms with Crippen molar-refractivity contribution in [3.8, 4) is 5.75 Å². The number of hydrogen-bond donors (Lipinski definition) is 2. The highest BCUT2D eigenvalue weighted by Crippen LogP contribution is 2.22. The van der Waals surface area contributed by atoms with E-state index in [2.05, 4.69) is 5.32 Å². The number of carbonyl (C=O) groups is 2. The zero-order chi connectivity index (χ0) is 14.7. The van der Waals surface area contributed by atoms with Crippen LogP contribution in [0.25, 0.3) is 0 Å². The summed E-state index contributed by atoms with van der Waals surface area (Å²) in [5.74, 6) is -2.49. The van der Waals surface area contributed by atoms with Gasteiger partial charge in [-0.3, -0.25) is 4.79 Å². The summed E-state index contributed by atoms with van der Waals surface area (Å²) in [7, 11) is 1.41. The summed E-state index contributed by atoms with van der Waals surface area (Å²) in [6.07, 6.45) is 0.930. The molecule has 7 heteroatoms. The molecule has 1 heterocycles.